The fraction of sp³-hybridized carbons (Fsp3) is 0.647. The van der Waals surface area contributed by atoms with Crippen LogP contribution in [0.25, 0.3) is 0 Å². The Morgan fingerprint density at radius 3 is 2.62 bits per heavy atom. The standard InChI is InChI=1S/C17H25NO2S/c1-12-9-16(17-19-6-7-20-17)13(2)8-14(12)10-18-5-4-15(11-18)21-3/h8-9,15,17H,4-7,10-11H2,1-3H3. The normalized spacial score (nSPS) is 24.0. The fourth-order valence-electron chi connectivity index (χ4n) is 3.23. The van der Waals surface area contributed by atoms with Gasteiger partial charge >= 0.3 is 0 Å². The molecule has 1 unspecified atom stereocenters. The molecule has 0 radical (unpaired) electrons. The average Bonchev–Trinajstić information content (AvgIpc) is 3.13. The highest BCUT2D eigenvalue weighted by Crippen LogP contribution is 2.29. The van der Waals surface area contributed by atoms with Crippen molar-refractivity contribution in [3.8, 4) is 0 Å². The molecule has 1 aromatic carbocycles. The molecule has 0 N–H and O–H groups in total. The van der Waals surface area contributed by atoms with Crippen molar-refractivity contribution in [2.75, 3.05) is 32.6 Å². The zero-order valence-corrected chi connectivity index (χ0v) is 14.0. The van der Waals surface area contributed by atoms with E-state index in [1.165, 1.54) is 41.8 Å². The lowest BCUT2D eigenvalue weighted by Gasteiger charge is -2.20. The molecule has 0 aliphatic carbocycles. The van der Waals surface area contributed by atoms with Gasteiger partial charge in [0.05, 0.1) is 13.2 Å². The Hall–Kier alpha value is -0.550. The van der Waals surface area contributed by atoms with Crippen molar-refractivity contribution in [3.63, 3.8) is 0 Å². The van der Waals surface area contributed by atoms with Crippen LogP contribution in [0.2, 0.25) is 0 Å². The predicted octanol–water partition coefficient (Wildman–Crippen LogP) is 3.29. The second-order valence-corrected chi connectivity index (χ2v) is 7.23. The van der Waals surface area contributed by atoms with Crippen LogP contribution in [-0.4, -0.2) is 42.7 Å². The summed E-state index contributed by atoms with van der Waals surface area (Å²) < 4.78 is 11.3. The molecule has 1 atom stereocenters. The first kappa shape index (κ1) is 15.3. The first-order chi connectivity index (χ1) is 10.2. The molecule has 4 heteroatoms. The maximum absolute atomic E-state index is 5.64. The van der Waals surface area contributed by atoms with Gasteiger partial charge in [-0.1, -0.05) is 12.1 Å². The first-order valence-electron chi connectivity index (χ1n) is 7.75. The van der Waals surface area contributed by atoms with Crippen LogP contribution in [0, 0.1) is 13.8 Å². The van der Waals surface area contributed by atoms with Crippen LogP contribution in [0.15, 0.2) is 12.1 Å². The van der Waals surface area contributed by atoms with Gasteiger partial charge in [-0.05, 0) is 49.8 Å². The third-order valence-electron chi connectivity index (χ3n) is 4.56. The number of nitrogens with zero attached hydrogens (tertiary/aromatic N) is 1. The minimum Gasteiger partial charge on any atom is -0.346 e. The SMILES string of the molecule is CSC1CCN(Cc2cc(C)c(C3OCCO3)cc2C)C1. The summed E-state index contributed by atoms with van der Waals surface area (Å²) in [7, 11) is 0. The molecule has 0 bridgehead atoms. The Morgan fingerprint density at radius 1 is 1.19 bits per heavy atom. The molecule has 0 spiro atoms. The van der Waals surface area contributed by atoms with E-state index in [0.717, 1.165) is 11.8 Å². The number of aryl methyl sites for hydroxylation is 2. The second-order valence-electron chi connectivity index (χ2n) is 6.09. The first-order valence-corrected chi connectivity index (χ1v) is 9.04. The second kappa shape index (κ2) is 6.69. The molecule has 21 heavy (non-hydrogen) atoms. The minimum atomic E-state index is -0.162. The molecule has 0 saturated carbocycles. The van der Waals surface area contributed by atoms with Crippen molar-refractivity contribution < 1.29 is 9.47 Å². The number of ether oxygens (including phenoxy) is 2. The third-order valence-corrected chi connectivity index (χ3v) is 5.61. The lowest BCUT2D eigenvalue weighted by atomic mass is 9.99. The highest BCUT2D eigenvalue weighted by atomic mass is 32.2. The molecule has 0 amide bonds. The molecule has 1 aromatic rings. The molecule has 2 fully saturated rings. The molecule has 3 nitrogen and oxygen atoms in total. The van der Waals surface area contributed by atoms with Crippen molar-refractivity contribution >= 4 is 11.8 Å². The van der Waals surface area contributed by atoms with Gasteiger partial charge in [0.15, 0.2) is 6.29 Å². The number of hydrogen-bond acceptors (Lipinski definition) is 4. The molecule has 0 aromatic heterocycles. The summed E-state index contributed by atoms with van der Waals surface area (Å²) >= 11 is 2.00. The van der Waals surface area contributed by atoms with E-state index in [2.05, 4.69) is 37.1 Å². The van der Waals surface area contributed by atoms with E-state index in [9.17, 15) is 0 Å². The van der Waals surface area contributed by atoms with Crippen LogP contribution >= 0.6 is 11.8 Å². The van der Waals surface area contributed by atoms with Crippen molar-refractivity contribution in [1.82, 2.24) is 4.90 Å². The number of hydrogen-bond donors (Lipinski definition) is 0. The van der Waals surface area contributed by atoms with Gasteiger partial charge in [-0.3, -0.25) is 4.90 Å². The Labute approximate surface area is 132 Å². The van der Waals surface area contributed by atoms with Crippen molar-refractivity contribution in [2.24, 2.45) is 0 Å². The van der Waals surface area contributed by atoms with Crippen molar-refractivity contribution in [1.29, 1.82) is 0 Å². The minimum absolute atomic E-state index is 0.162. The summed E-state index contributed by atoms with van der Waals surface area (Å²) in [6, 6.07) is 4.57. The van der Waals surface area contributed by atoms with Gasteiger partial charge in [-0.2, -0.15) is 11.8 Å². The van der Waals surface area contributed by atoms with E-state index >= 15 is 0 Å². The Morgan fingerprint density at radius 2 is 1.95 bits per heavy atom. The summed E-state index contributed by atoms with van der Waals surface area (Å²) in [5.41, 5.74) is 5.26. The molecular formula is C17H25NO2S. The van der Waals surface area contributed by atoms with Gasteiger partial charge in [0.2, 0.25) is 0 Å². The third kappa shape index (κ3) is 3.45. The Balaban J connectivity index is 1.73. The van der Waals surface area contributed by atoms with Crippen LogP contribution in [0.5, 0.6) is 0 Å². The molecule has 3 rings (SSSR count). The topological polar surface area (TPSA) is 21.7 Å². The van der Waals surface area contributed by atoms with Gasteiger partial charge < -0.3 is 9.47 Å². The Bertz CT molecular complexity index is 500. The summed E-state index contributed by atoms with van der Waals surface area (Å²) in [6.07, 6.45) is 3.38. The maximum Gasteiger partial charge on any atom is 0.184 e. The van der Waals surface area contributed by atoms with E-state index in [4.69, 9.17) is 9.47 Å². The zero-order valence-electron chi connectivity index (χ0n) is 13.2. The highest BCUT2D eigenvalue weighted by Gasteiger charge is 2.24. The molecule has 116 valence electrons. The summed E-state index contributed by atoms with van der Waals surface area (Å²) in [5.74, 6) is 0. The number of benzene rings is 1. The van der Waals surface area contributed by atoms with E-state index in [1.54, 1.807) is 0 Å². The van der Waals surface area contributed by atoms with Crippen molar-refractivity contribution in [3.05, 3.63) is 34.4 Å². The van der Waals surface area contributed by atoms with Crippen LogP contribution < -0.4 is 0 Å². The van der Waals surface area contributed by atoms with E-state index in [-0.39, 0.29) is 6.29 Å². The monoisotopic (exact) mass is 307 g/mol. The van der Waals surface area contributed by atoms with E-state index in [1.807, 2.05) is 11.8 Å². The lowest BCUT2D eigenvalue weighted by molar-refractivity contribution is -0.0445. The van der Waals surface area contributed by atoms with Crippen LogP contribution in [0.1, 0.15) is 35.0 Å². The van der Waals surface area contributed by atoms with E-state index in [0.29, 0.717) is 13.2 Å². The van der Waals surface area contributed by atoms with Crippen molar-refractivity contribution in [2.45, 2.75) is 38.4 Å². The molecule has 2 saturated heterocycles. The number of likely N-dealkylation sites (tertiary alicyclic amines) is 1. The molecule has 2 heterocycles. The lowest BCUT2D eigenvalue weighted by Crippen LogP contribution is -2.21. The molecular weight excluding hydrogens is 282 g/mol. The van der Waals surface area contributed by atoms with Crippen LogP contribution in [0.4, 0.5) is 0 Å². The quantitative estimate of drug-likeness (QED) is 0.851. The average molecular weight is 307 g/mol. The smallest absolute Gasteiger partial charge is 0.184 e. The largest absolute Gasteiger partial charge is 0.346 e. The predicted molar refractivity (Wildman–Crippen MR) is 87.8 cm³/mol. The van der Waals surface area contributed by atoms with E-state index < -0.39 is 0 Å². The summed E-state index contributed by atoms with van der Waals surface area (Å²) in [6.45, 7) is 9.28. The zero-order chi connectivity index (χ0) is 14.8. The summed E-state index contributed by atoms with van der Waals surface area (Å²) in [4.78, 5) is 2.57. The molecule has 2 aliphatic heterocycles. The highest BCUT2D eigenvalue weighted by molar-refractivity contribution is 7.99. The molecule has 2 aliphatic rings. The maximum atomic E-state index is 5.64. The Kier molecular flexibility index (Phi) is 4.89. The van der Waals surface area contributed by atoms with Gasteiger partial charge in [-0.15, -0.1) is 0 Å². The van der Waals surface area contributed by atoms with Gasteiger partial charge in [-0.25, -0.2) is 0 Å². The van der Waals surface area contributed by atoms with Gasteiger partial charge in [0.1, 0.15) is 0 Å². The van der Waals surface area contributed by atoms with Crippen LogP contribution in [-0.2, 0) is 16.0 Å². The van der Waals surface area contributed by atoms with Gasteiger partial charge in [0.25, 0.3) is 0 Å². The fourth-order valence-corrected chi connectivity index (χ4v) is 3.94. The number of rotatable bonds is 4. The van der Waals surface area contributed by atoms with Gasteiger partial charge in [0, 0.05) is 23.9 Å². The summed E-state index contributed by atoms with van der Waals surface area (Å²) in [5, 5.41) is 0.811. The number of thioether (sulfide) groups is 1. The van der Waals surface area contributed by atoms with Crippen LogP contribution in [0.3, 0.4) is 0 Å².